The molecule has 1 amide bonds. The van der Waals surface area contributed by atoms with Crippen molar-refractivity contribution in [2.45, 2.75) is 30.3 Å². The molecule has 2 aromatic rings. The van der Waals surface area contributed by atoms with Gasteiger partial charge in [-0.15, -0.1) is 0 Å². The Morgan fingerprint density at radius 3 is 2.31 bits per heavy atom. The number of piperazine rings is 1. The Balaban J connectivity index is 1.34. The molecule has 0 radical (unpaired) electrons. The smallest absolute Gasteiger partial charge is 0.244 e. The number of hydrogen-bond donors (Lipinski definition) is 0. The zero-order valence-corrected chi connectivity index (χ0v) is 19.7. The van der Waals surface area contributed by atoms with Gasteiger partial charge in [0.05, 0.1) is 18.7 Å². The quantitative estimate of drug-likeness (QED) is 0.584. The fourth-order valence-corrected chi connectivity index (χ4v) is 5.88. The van der Waals surface area contributed by atoms with Gasteiger partial charge < -0.3 is 9.64 Å². The number of ether oxygens (including phenoxy) is 1. The average molecular weight is 478 g/mol. The second-order valence-corrected chi connectivity index (χ2v) is 10.5. The van der Waals surface area contributed by atoms with Gasteiger partial charge >= 0.3 is 0 Å². The molecule has 0 unspecified atom stereocenters. The third kappa shape index (κ3) is 5.26. The number of sulfonamides is 1. The summed E-state index contributed by atoms with van der Waals surface area (Å²) in [4.78, 5) is 17.1. The van der Waals surface area contributed by atoms with Crippen LogP contribution in [0.2, 0.25) is 5.02 Å². The minimum Gasteiger partial charge on any atom is -0.497 e. The lowest BCUT2D eigenvalue weighted by Crippen LogP contribution is -2.52. The van der Waals surface area contributed by atoms with E-state index in [1.165, 1.54) is 10.4 Å². The second-order valence-electron chi connectivity index (χ2n) is 8.20. The molecule has 2 aliphatic rings. The number of rotatable bonds is 8. The molecule has 0 bridgehead atoms. The molecule has 2 aromatic carbocycles. The van der Waals surface area contributed by atoms with Crippen LogP contribution in [0.4, 0.5) is 0 Å². The number of halogens is 1. The summed E-state index contributed by atoms with van der Waals surface area (Å²) >= 11 is 6.10. The first kappa shape index (κ1) is 23.0. The van der Waals surface area contributed by atoms with E-state index in [4.69, 9.17) is 16.3 Å². The van der Waals surface area contributed by atoms with Crippen molar-refractivity contribution >= 4 is 27.5 Å². The molecular weight excluding hydrogens is 450 g/mol. The van der Waals surface area contributed by atoms with Crippen LogP contribution in [0.25, 0.3) is 0 Å². The molecule has 1 aliphatic carbocycles. The van der Waals surface area contributed by atoms with Gasteiger partial charge in [-0.25, -0.2) is 8.42 Å². The van der Waals surface area contributed by atoms with Crippen LogP contribution in [0, 0.1) is 0 Å². The van der Waals surface area contributed by atoms with E-state index in [-0.39, 0.29) is 28.9 Å². The maximum atomic E-state index is 13.0. The normalized spacial score (nSPS) is 17.5. The van der Waals surface area contributed by atoms with Gasteiger partial charge in [0.1, 0.15) is 10.6 Å². The fraction of sp³-hybridized carbons (Fsp3) is 0.435. The van der Waals surface area contributed by atoms with E-state index < -0.39 is 10.0 Å². The largest absolute Gasteiger partial charge is 0.497 e. The molecule has 0 aromatic heterocycles. The molecule has 1 saturated carbocycles. The molecule has 2 fully saturated rings. The van der Waals surface area contributed by atoms with E-state index in [1.807, 2.05) is 24.3 Å². The second kappa shape index (κ2) is 9.79. The van der Waals surface area contributed by atoms with Crippen LogP contribution in [0.1, 0.15) is 18.4 Å². The Hall–Kier alpha value is -2.13. The summed E-state index contributed by atoms with van der Waals surface area (Å²) in [6.45, 7) is 2.34. The van der Waals surface area contributed by atoms with Gasteiger partial charge in [-0.2, -0.15) is 4.31 Å². The van der Waals surface area contributed by atoms with Crippen molar-refractivity contribution in [3.63, 3.8) is 0 Å². The summed E-state index contributed by atoms with van der Waals surface area (Å²) in [5.41, 5.74) is 1.14. The fourth-order valence-electron chi connectivity index (χ4n) is 3.96. The topological polar surface area (TPSA) is 70.2 Å². The summed E-state index contributed by atoms with van der Waals surface area (Å²) < 4.78 is 32.5. The Bertz CT molecular complexity index is 1050. The van der Waals surface area contributed by atoms with E-state index in [9.17, 15) is 13.2 Å². The van der Waals surface area contributed by atoms with Crippen molar-refractivity contribution in [2.24, 2.45) is 0 Å². The molecule has 0 N–H and O–H groups in total. The minimum atomic E-state index is -3.67. The van der Waals surface area contributed by atoms with Gasteiger partial charge in [0.2, 0.25) is 15.9 Å². The third-order valence-electron chi connectivity index (χ3n) is 5.99. The average Bonchev–Trinajstić information content (AvgIpc) is 3.65. The molecule has 0 atom stereocenters. The number of carbonyl (C=O) groups excluding carboxylic acids is 1. The molecule has 1 saturated heterocycles. The Morgan fingerprint density at radius 2 is 1.72 bits per heavy atom. The minimum absolute atomic E-state index is 0.0419. The van der Waals surface area contributed by atoms with E-state index in [0.717, 1.165) is 24.2 Å². The molecule has 0 spiro atoms. The number of methoxy groups -OCH3 is 1. The number of hydrogen-bond acceptors (Lipinski definition) is 5. The summed E-state index contributed by atoms with van der Waals surface area (Å²) in [6.07, 6.45) is 2.21. The van der Waals surface area contributed by atoms with Crippen molar-refractivity contribution < 1.29 is 17.9 Å². The molecule has 172 valence electrons. The van der Waals surface area contributed by atoms with Gasteiger partial charge in [0.15, 0.2) is 0 Å². The van der Waals surface area contributed by atoms with Crippen molar-refractivity contribution in [3.05, 3.63) is 59.1 Å². The number of amides is 1. The lowest BCUT2D eigenvalue weighted by molar-refractivity contribution is -0.133. The zero-order valence-electron chi connectivity index (χ0n) is 18.1. The van der Waals surface area contributed by atoms with Crippen LogP contribution in [0.15, 0.2) is 53.4 Å². The van der Waals surface area contributed by atoms with Crippen LogP contribution in [-0.4, -0.2) is 74.3 Å². The van der Waals surface area contributed by atoms with E-state index >= 15 is 0 Å². The van der Waals surface area contributed by atoms with Crippen LogP contribution in [0.5, 0.6) is 5.75 Å². The maximum Gasteiger partial charge on any atom is 0.244 e. The Labute approximate surface area is 194 Å². The van der Waals surface area contributed by atoms with E-state index in [1.54, 1.807) is 30.2 Å². The highest BCUT2D eigenvalue weighted by atomic mass is 35.5. The first-order valence-electron chi connectivity index (χ1n) is 10.8. The predicted molar refractivity (Wildman–Crippen MR) is 123 cm³/mol. The van der Waals surface area contributed by atoms with Gasteiger partial charge in [-0.05, 0) is 42.7 Å². The Morgan fingerprint density at radius 1 is 1.06 bits per heavy atom. The first-order chi connectivity index (χ1) is 15.4. The monoisotopic (exact) mass is 477 g/mol. The summed E-state index contributed by atoms with van der Waals surface area (Å²) in [5.74, 6) is 0.854. The van der Waals surface area contributed by atoms with E-state index in [0.29, 0.717) is 32.2 Å². The summed E-state index contributed by atoms with van der Waals surface area (Å²) in [6, 6.07) is 14.8. The van der Waals surface area contributed by atoms with Crippen molar-refractivity contribution in [1.29, 1.82) is 0 Å². The highest BCUT2D eigenvalue weighted by Gasteiger charge is 2.34. The van der Waals surface area contributed by atoms with Crippen LogP contribution < -0.4 is 4.74 Å². The lowest BCUT2D eigenvalue weighted by atomic mass is 10.2. The molecule has 1 heterocycles. The summed E-state index contributed by atoms with van der Waals surface area (Å²) in [7, 11) is -2.03. The highest BCUT2D eigenvalue weighted by molar-refractivity contribution is 7.89. The maximum absolute atomic E-state index is 13.0. The summed E-state index contributed by atoms with van der Waals surface area (Å²) in [5, 5.41) is 0.213. The standard InChI is InChI=1S/C23H28ClN3O4S/c1-31-20-10-6-18(7-11-20)16-26(19-8-9-19)17-23(28)25-12-14-27(15-13-25)32(29,30)22-5-3-2-4-21(22)24/h2-7,10-11,19H,8-9,12-17H2,1H3. The third-order valence-corrected chi connectivity index (χ3v) is 8.39. The highest BCUT2D eigenvalue weighted by Crippen LogP contribution is 2.29. The number of benzene rings is 2. The number of nitrogens with zero attached hydrogens (tertiary/aromatic N) is 3. The van der Waals surface area contributed by atoms with Crippen LogP contribution in [0.3, 0.4) is 0 Å². The first-order valence-corrected chi connectivity index (χ1v) is 12.6. The SMILES string of the molecule is COc1ccc(CN(CC(=O)N2CCN(S(=O)(=O)c3ccccc3Cl)CC2)C2CC2)cc1. The molecular formula is C23H28ClN3O4S. The van der Waals surface area contributed by atoms with Crippen molar-refractivity contribution in [3.8, 4) is 5.75 Å². The molecule has 1 aliphatic heterocycles. The van der Waals surface area contributed by atoms with Crippen molar-refractivity contribution in [2.75, 3.05) is 39.8 Å². The molecule has 7 nitrogen and oxygen atoms in total. The predicted octanol–water partition coefficient (Wildman–Crippen LogP) is 2.85. The van der Waals surface area contributed by atoms with Crippen molar-refractivity contribution in [1.82, 2.24) is 14.1 Å². The van der Waals surface area contributed by atoms with Crippen LogP contribution in [-0.2, 0) is 21.4 Å². The van der Waals surface area contributed by atoms with Gasteiger partial charge in [-0.1, -0.05) is 35.9 Å². The zero-order chi connectivity index (χ0) is 22.7. The Kier molecular flexibility index (Phi) is 7.05. The van der Waals surface area contributed by atoms with Gasteiger partial charge in [0.25, 0.3) is 0 Å². The van der Waals surface area contributed by atoms with Gasteiger partial charge in [-0.3, -0.25) is 9.69 Å². The van der Waals surface area contributed by atoms with Gasteiger partial charge in [0, 0.05) is 38.8 Å². The van der Waals surface area contributed by atoms with Crippen LogP contribution >= 0.6 is 11.6 Å². The lowest BCUT2D eigenvalue weighted by Gasteiger charge is -2.35. The van der Waals surface area contributed by atoms with E-state index in [2.05, 4.69) is 4.90 Å². The molecule has 9 heteroatoms. The molecule has 4 rings (SSSR count). The number of carbonyl (C=O) groups is 1. The molecule has 32 heavy (non-hydrogen) atoms.